The second-order valence-electron chi connectivity index (χ2n) is 13.6. The van der Waals surface area contributed by atoms with E-state index in [1.54, 1.807) is 4.57 Å². The molecular weight excluding hydrogens is 508 g/mol. The number of hydrogen-bond donors (Lipinski definition) is 1. The summed E-state index contributed by atoms with van der Waals surface area (Å²) in [5.74, 6) is -0.887. The molecule has 0 saturated heterocycles. The van der Waals surface area contributed by atoms with Gasteiger partial charge in [0.25, 0.3) is 0 Å². The molecule has 2 aromatic carbocycles. The van der Waals surface area contributed by atoms with E-state index in [0.717, 1.165) is 23.5 Å². The number of aromatic nitrogens is 4. The predicted molar refractivity (Wildman–Crippen MR) is 168 cm³/mol. The van der Waals surface area contributed by atoms with Crippen molar-refractivity contribution in [2.45, 2.75) is 107 Å². The highest BCUT2D eigenvalue weighted by atomic mass is 16.4. The van der Waals surface area contributed by atoms with Crippen molar-refractivity contribution in [1.82, 2.24) is 19.1 Å². The number of carboxylic acids is 1. The largest absolute Gasteiger partial charge is 0.475 e. The lowest BCUT2D eigenvalue weighted by atomic mass is 9.93. The molecule has 4 aromatic rings. The quantitative estimate of drug-likeness (QED) is 0.270. The lowest BCUT2D eigenvalue weighted by Gasteiger charge is -2.15. The molecule has 6 heteroatoms. The SMILES string of the molecule is Cc1cc(C)c(Cn2cc(C(C)(C)C)nc2C(=O)O)c(C)c1.Cc1cc(C)c(Cn2cnc(C(C)(C)C)c2)c(C)c1. The number of rotatable bonds is 5. The number of hydrogen-bond acceptors (Lipinski definition) is 3. The molecule has 0 aliphatic rings. The molecule has 6 nitrogen and oxygen atoms in total. The third-order valence-electron chi connectivity index (χ3n) is 7.49. The molecule has 0 amide bonds. The van der Waals surface area contributed by atoms with Gasteiger partial charge in [-0.3, -0.25) is 0 Å². The Hall–Kier alpha value is -3.67. The van der Waals surface area contributed by atoms with E-state index >= 15 is 0 Å². The van der Waals surface area contributed by atoms with Crippen molar-refractivity contribution in [1.29, 1.82) is 0 Å². The standard InChI is InChI=1S/C18H24N2O2.C17H24N2/c1-11-7-12(2)14(13(3)8-11)9-20-10-15(18(4,5)6)19-16(20)17(21)22;1-12-7-13(2)15(14(3)8-12)9-19-10-16(18-11-19)17(4,5)6/h7-8,10H,9H2,1-6H3,(H,21,22);7-8,10-11H,9H2,1-6H3. The van der Waals surface area contributed by atoms with Crippen molar-refractivity contribution in [2.24, 2.45) is 0 Å². The second kappa shape index (κ2) is 12.1. The zero-order valence-corrected chi connectivity index (χ0v) is 27.1. The Morgan fingerprint density at radius 2 is 1.15 bits per heavy atom. The summed E-state index contributed by atoms with van der Waals surface area (Å²) in [4.78, 5) is 20.3. The highest BCUT2D eigenvalue weighted by Crippen LogP contribution is 2.25. The number of nitrogens with zero attached hydrogens (tertiary/aromatic N) is 4. The highest BCUT2D eigenvalue weighted by molar-refractivity contribution is 5.83. The Morgan fingerprint density at radius 1 is 0.707 bits per heavy atom. The fourth-order valence-electron chi connectivity index (χ4n) is 5.17. The molecule has 0 fully saturated rings. The number of carbonyl (C=O) groups is 1. The van der Waals surface area contributed by atoms with E-state index in [1.807, 2.05) is 33.3 Å². The molecule has 0 spiro atoms. The Labute approximate surface area is 246 Å². The average molecular weight is 557 g/mol. The molecule has 2 heterocycles. The number of aryl methyl sites for hydroxylation is 6. The van der Waals surface area contributed by atoms with E-state index in [0.29, 0.717) is 6.54 Å². The van der Waals surface area contributed by atoms with Crippen molar-refractivity contribution in [3.05, 3.63) is 105 Å². The zero-order chi connectivity index (χ0) is 30.9. The fraction of sp³-hybridized carbons (Fsp3) is 0.457. The van der Waals surface area contributed by atoms with Gasteiger partial charge in [0, 0.05) is 36.3 Å². The summed E-state index contributed by atoms with van der Waals surface area (Å²) in [7, 11) is 0. The van der Waals surface area contributed by atoms with Crippen LogP contribution in [0.5, 0.6) is 0 Å². The first-order valence-corrected chi connectivity index (χ1v) is 14.3. The topological polar surface area (TPSA) is 72.9 Å². The van der Waals surface area contributed by atoms with Gasteiger partial charge in [-0.15, -0.1) is 0 Å². The predicted octanol–water partition coefficient (Wildman–Crippen LogP) is 8.01. The van der Waals surface area contributed by atoms with Gasteiger partial charge in [-0.1, -0.05) is 76.9 Å². The van der Waals surface area contributed by atoms with Gasteiger partial charge >= 0.3 is 5.97 Å². The van der Waals surface area contributed by atoms with Gasteiger partial charge in [0.05, 0.1) is 17.7 Å². The highest BCUT2D eigenvalue weighted by Gasteiger charge is 2.23. The van der Waals surface area contributed by atoms with Crippen LogP contribution in [0.4, 0.5) is 0 Å². The van der Waals surface area contributed by atoms with Gasteiger partial charge in [0.15, 0.2) is 0 Å². The Balaban J connectivity index is 0.000000228. The third kappa shape index (κ3) is 7.96. The molecule has 220 valence electrons. The van der Waals surface area contributed by atoms with E-state index in [1.165, 1.54) is 38.9 Å². The average Bonchev–Trinajstić information content (AvgIpc) is 3.46. The number of aromatic carboxylic acids is 1. The van der Waals surface area contributed by atoms with Crippen LogP contribution in [0.3, 0.4) is 0 Å². The van der Waals surface area contributed by atoms with Crippen molar-refractivity contribution in [2.75, 3.05) is 0 Å². The van der Waals surface area contributed by atoms with E-state index < -0.39 is 5.97 Å². The summed E-state index contributed by atoms with van der Waals surface area (Å²) in [6, 6.07) is 8.77. The van der Waals surface area contributed by atoms with Crippen LogP contribution in [0.25, 0.3) is 0 Å². The van der Waals surface area contributed by atoms with Gasteiger partial charge in [-0.05, 0) is 74.9 Å². The van der Waals surface area contributed by atoms with E-state index in [2.05, 4.69) is 107 Å². The zero-order valence-electron chi connectivity index (χ0n) is 27.1. The molecule has 1 N–H and O–H groups in total. The lowest BCUT2D eigenvalue weighted by molar-refractivity contribution is 0.0678. The monoisotopic (exact) mass is 556 g/mol. The Morgan fingerprint density at radius 3 is 1.54 bits per heavy atom. The number of carboxylic acid groups (broad SMARTS) is 1. The summed E-state index contributed by atoms with van der Waals surface area (Å²) in [6.07, 6.45) is 5.97. The minimum absolute atomic E-state index is 0.101. The van der Waals surface area contributed by atoms with Crippen LogP contribution >= 0.6 is 0 Å². The molecule has 4 rings (SSSR count). The third-order valence-corrected chi connectivity index (χ3v) is 7.49. The summed E-state index contributed by atoms with van der Waals surface area (Å²) < 4.78 is 3.93. The molecule has 0 saturated carbocycles. The molecular formula is C35H48N4O2. The van der Waals surface area contributed by atoms with Crippen LogP contribution in [-0.2, 0) is 23.9 Å². The van der Waals surface area contributed by atoms with E-state index in [-0.39, 0.29) is 16.7 Å². The van der Waals surface area contributed by atoms with Crippen LogP contribution in [0.1, 0.15) is 108 Å². The first-order chi connectivity index (χ1) is 18.9. The van der Waals surface area contributed by atoms with Crippen LogP contribution < -0.4 is 0 Å². The van der Waals surface area contributed by atoms with Crippen molar-refractivity contribution < 1.29 is 9.90 Å². The molecule has 41 heavy (non-hydrogen) atoms. The first kappa shape index (κ1) is 31.9. The Kier molecular flexibility index (Phi) is 9.37. The van der Waals surface area contributed by atoms with Crippen LogP contribution in [0.2, 0.25) is 0 Å². The summed E-state index contributed by atoms with van der Waals surface area (Å²) in [5.41, 5.74) is 12.1. The van der Waals surface area contributed by atoms with Crippen LogP contribution in [0.15, 0.2) is 43.0 Å². The second-order valence-corrected chi connectivity index (χ2v) is 13.6. The summed E-state index contributed by atoms with van der Waals surface area (Å²) in [6.45, 7) is 26.9. The van der Waals surface area contributed by atoms with Crippen LogP contribution in [-0.4, -0.2) is 30.2 Å². The van der Waals surface area contributed by atoms with Gasteiger partial charge in [0.2, 0.25) is 5.82 Å². The number of benzene rings is 2. The van der Waals surface area contributed by atoms with Gasteiger partial charge in [-0.2, -0.15) is 0 Å². The maximum atomic E-state index is 11.5. The minimum Gasteiger partial charge on any atom is -0.475 e. The minimum atomic E-state index is -0.988. The van der Waals surface area contributed by atoms with Crippen molar-refractivity contribution >= 4 is 5.97 Å². The van der Waals surface area contributed by atoms with Crippen molar-refractivity contribution in [3.63, 3.8) is 0 Å². The Bertz CT molecular complexity index is 1500. The molecule has 0 bridgehead atoms. The molecule has 2 aromatic heterocycles. The fourth-order valence-corrected chi connectivity index (χ4v) is 5.17. The maximum absolute atomic E-state index is 11.5. The molecule has 0 aliphatic carbocycles. The number of imidazole rings is 2. The lowest BCUT2D eigenvalue weighted by Crippen LogP contribution is -2.12. The molecule has 0 aliphatic heterocycles. The molecule has 0 unspecified atom stereocenters. The van der Waals surface area contributed by atoms with E-state index in [4.69, 9.17) is 0 Å². The molecule has 0 atom stereocenters. The smallest absolute Gasteiger partial charge is 0.372 e. The molecule has 0 radical (unpaired) electrons. The summed E-state index contributed by atoms with van der Waals surface area (Å²) >= 11 is 0. The summed E-state index contributed by atoms with van der Waals surface area (Å²) in [5, 5.41) is 9.42. The van der Waals surface area contributed by atoms with Crippen molar-refractivity contribution in [3.8, 4) is 0 Å². The van der Waals surface area contributed by atoms with Gasteiger partial charge in [0.1, 0.15) is 0 Å². The van der Waals surface area contributed by atoms with Crippen LogP contribution in [0, 0.1) is 41.5 Å². The van der Waals surface area contributed by atoms with Gasteiger partial charge < -0.3 is 14.2 Å². The van der Waals surface area contributed by atoms with Gasteiger partial charge in [-0.25, -0.2) is 14.8 Å². The van der Waals surface area contributed by atoms with E-state index in [9.17, 15) is 9.90 Å². The maximum Gasteiger partial charge on any atom is 0.372 e. The first-order valence-electron chi connectivity index (χ1n) is 14.3. The normalized spacial score (nSPS) is 11.8.